The number of aliphatic hydroxyl groups is 1. The zero-order valence-electron chi connectivity index (χ0n) is 19.3. The van der Waals surface area contributed by atoms with E-state index < -0.39 is 5.41 Å². The van der Waals surface area contributed by atoms with Gasteiger partial charge in [-0.15, -0.1) is 11.3 Å². The zero-order chi connectivity index (χ0) is 23.8. The second-order valence-electron chi connectivity index (χ2n) is 9.11. The highest BCUT2D eigenvalue weighted by molar-refractivity contribution is 7.16. The van der Waals surface area contributed by atoms with E-state index in [1.807, 2.05) is 13.8 Å². The minimum Gasteiger partial charge on any atom is -0.504 e. The summed E-state index contributed by atoms with van der Waals surface area (Å²) in [7, 11) is 2.10. The quantitative estimate of drug-likeness (QED) is 0.432. The number of aromatic nitrogens is 2. The molecule has 1 aliphatic heterocycles. The number of ether oxygens (including phenoxy) is 1. The van der Waals surface area contributed by atoms with Crippen LogP contribution in [0.4, 0.5) is 5.00 Å². The maximum atomic E-state index is 10.8. The molecule has 1 fully saturated rings. The van der Waals surface area contributed by atoms with E-state index in [-0.39, 0.29) is 23.4 Å². The molecule has 4 rings (SSSR count). The number of nitrogens with zero attached hydrogens (tertiary/aromatic N) is 4. The molecule has 0 bridgehead atoms. The SMILES string of the molecule is C[C@H](Oc1ccnc(/C(O)=C/C(=N)[C@@]2(C)CCCc3sc(N)c(C#N)c32)n1)[C@@H]1CCCN1C. The van der Waals surface area contributed by atoms with Crippen LogP contribution < -0.4 is 10.5 Å². The molecule has 2 aromatic rings. The Hall–Kier alpha value is -2.96. The van der Waals surface area contributed by atoms with E-state index in [1.165, 1.54) is 17.4 Å². The van der Waals surface area contributed by atoms with Gasteiger partial charge in [0.15, 0.2) is 11.6 Å². The molecule has 33 heavy (non-hydrogen) atoms. The molecule has 3 atom stereocenters. The number of nitriles is 1. The fraction of sp³-hybridized carbons (Fsp3) is 0.500. The Balaban J connectivity index is 1.57. The standard InChI is InChI=1S/C24H30N6O2S/c1-14(16-6-5-11-30(16)3)32-20-8-10-28-23(29-20)17(31)12-19(26)24(2)9-4-7-18-21(24)15(13-25)22(27)33-18/h8,10,12,14,16,26,31H,4-7,9,11,27H2,1-3H3/b17-12-,26-19?/t14-,16-,24+/m0/s1. The van der Waals surface area contributed by atoms with Gasteiger partial charge in [-0.2, -0.15) is 10.2 Å². The number of aliphatic hydroxyl groups excluding tert-OH is 1. The maximum Gasteiger partial charge on any atom is 0.217 e. The van der Waals surface area contributed by atoms with Crippen LogP contribution in [0.3, 0.4) is 0 Å². The Kier molecular flexibility index (Phi) is 6.41. The van der Waals surface area contributed by atoms with Crippen LogP contribution in [-0.2, 0) is 11.8 Å². The number of thiophene rings is 1. The molecular formula is C24H30N6O2S. The van der Waals surface area contributed by atoms with Gasteiger partial charge < -0.3 is 21.0 Å². The summed E-state index contributed by atoms with van der Waals surface area (Å²) in [6.07, 6.45) is 7.55. The van der Waals surface area contributed by atoms with Crippen molar-refractivity contribution in [2.75, 3.05) is 19.3 Å². The van der Waals surface area contributed by atoms with Gasteiger partial charge in [-0.05, 0) is 65.1 Å². The molecule has 0 unspecified atom stereocenters. The Morgan fingerprint density at radius 2 is 2.30 bits per heavy atom. The van der Waals surface area contributed by atoms with Gasteiger partial charge in [-0.3, -0.25) is 4.90 Å². The third kappa shape index (κ3) is 4.33. The first-order chi connectivity index (χ1) is 15.7. The number of hydrogen-bond donors (Lipinski definition) is 3. The Morgan fingerprint density at radius 3 is 3.00 bits per heavy atom. The first-order valence-corrected chi connectivity index (χ1v) is 12.1. The normalized spacial score (nSPS) is 24.2. The zero-order valence-corrected chi connectivity index (χ0v) is 20.1. The van der Waals surface area contributed by atoms with E-state index in [0.29, 0.717) is 28.9 Å². The molecule has 2 aromatic heterocycles. The summed E-state index contributed by atoms with van der Waals surface area (Å²) in [4.78, 5) is 11.9. The van der Waals surface area contributed by atoms with Gasteiger partial charge in [0.05, 0.1) is 5.56 Å². The van der Waals surface area contributed by atoms with E-state index in [1.54, 1.807) is 12.3 Å². The monoisotopic (exact) mass is 466 g/mol. The highest BCUT2D eigenvalue weighted by Gasteiger charge is 2.40. The van der Waals surface area contributed by atoms with E-state index in [9.17, 15) is 10.4 Å². The predicted molar refractivity (Wildman–Crippen MR) is 130 cm³/mol. The van der Waals surface area contributed by atoms with E-state index >= 15 is 0 Å². The van der Waals surface area contributed by atoms with Crippen LogP contribution in [-0.4, -0.2) is 51.4 Å². The first-order valence-electron chi connectivity index (χ1n) is 11.3. The second-order valence-corrected chi connectivity index (χ2v) is 10.2. The molecule has 0 saturated carbocycles. The molecule has 0 spiro atoms. The van der Waals surface area contributed by atoms with E-state index in [0.717, 1.165) is 42.7 Å². The van der Waals surface area contributed by atoms with Crippen molar-refractivity contribution in [2.45, 2.75) is 63.5 Å². The van der Waals surface area contributed by atoms with Crippen LogP contribution in [0.1, 0.15) is 61.4 Å². The third-order valence-electron chi connectivity index (χ3n) is 6.91. The topological polar surface area (TPSA) is 132 Å². The van der Waals surface area contributed by atoms with E-state index in [4.69, 9.17) is 15.9 Å². The van der Waals surface area contributed by atoms with Gasteiger partial charge in [0.25, 0.3) is 0 Å². The molecule has 0 radical (unpaired) electrons. The predicted octanol–water partition coefficient (Wildman–Crippen LogP) is 4.07. The van der Waals surface area contributed by atoms with Gasteiger partial charge in [0.1, 0.15) is 17.2 Å². The molecule has 174 valence electrons. The van der Waals surface area contributed by atoms with Crippen LogP contribution >= 0.6 is 11.3 Å². The largest absolute Gasteiger partial charge is 0.504 e. The number of anilines is 1. The molecule has 2 aliphatic rings. The summed E-state index contributed by atoms with van der Waals surface area (Å²) >= 11 is 1.43. The van der Waals surface area contributed by atoms with Crippen LogP contribution in [0.15, 0.2) is 18.3 Å². The van der Waals surface area contributed by atoms with Crippen LogP contribution in [0.5, 0.6) is 5.88 Å². The summed E-state index contributed by atoms with van der Waals surface area (Å²) in [5.41, 5.74) is 6.84. The lowest BCUT2D eigenvalue weighted by Gasteiger charge is -2.34. The van der Waals surface area contributed by atoms with Crippen molar-refractivity contribution < 1.29 is 9.84 Å². The Labute approximate surface area is 198 Å². The summed E-state index contributed by atoms with van der Waals surface area (Å²) in [6.45, 7) is 5.02. The minimum atomic E-state index is -0.712. The van der Waals surface area contributed by atoms with E-state index in [2.05, 4.69) is 28.0 Å². The molecule has 9 heteroatoms. The summed E-state index contributed by atoms with van der Waals surface area (Å²) in [5, 5.41) is 29.7. The average Bonchev–Trinajstić information content (AvgIpc) is 3.36. The fourth-order valence-electron chi connectivity index (χ4n) is 5.05. The lowest BCUT2D eigenvalue weighted by molar-refractivity contribution is 0.116. The number of likely N-dealkylation sites (tertiary alicyclic amines) is 1. The highest BCUT2D eigenvalue weighted by Crippen LogP contribution is 2.46. The minimum absolute atomic E-state index is 0.0438. The Morgan fingerprint density at radius 1 is 1.52 bits per heavy atom. The number of allylic oxidation sites excluding steroid dienone is 1. The lowest BCUT2D eigenvalue weighted by atomic mass is 9.69. The molecule has 0 aromatic carbocycles. The van der Waals surface area contributed by atoms with Crippen LogP contribution in [0, 0.1) is 16.7 Å². The number of hydrogen-bond acceptors (Lipinski definition) is 9. The summed E-state index contributed by atoms with van der Waals surface area (Å²) in [5.74, 6) is 0.295. The summed E-state index contributed by atoms with van der Waals surface area (Å²) in [6, 6.07) is 4.21. The number of likely N-dealkylation sites (N-methyl/N-ethyl adjacent to an activating group) is 1. The Bertz CT molecular complexity index is 1140. The number of aryl methyl sites for hydroxylation is 1. The molecule has 1 saturated heterocycles. The van der Waals surface area contributed by atoms with Gasteiger partial charge in [-0.1, -0.05) is 0 Å². The smallest absolute Gasteiger partial charge is 0.217 e. The van der Waals surface area contributed by atoms with Gasteiger partial charge in [0, 0.05) is 40.4 Å². The number of nitrogens with two attached hydrogens (primary N) is 1. The molecule has 3 heterocycles. The number of rotatable bonds is 6. The molecule has 1 aliphatic carbocycles. The van der Waals surface area contributed by atoms with Gasteiger partial charge >= 0.3 is 0 Å². The van der Waals surface area contributed by atoms with Crippen molar-refractivity contribution in [1.82, 2.24) is 14.9 Å². The van der Waals surface area contributed by atoms with Crippen molar-refractivity contribution in [3.8, 4) is 11.9 Å². The van der Waals surface area contributed by atoms with Crippen molar-refractivity contribution >= 4 is 27.8 Å². The number of nitrogen functional groups attached to an aromatic ring is 1. The van der Waals surface area contributed by atoms with Crippen molar-refractivity contribution in [3.05, 3.63) is 40.2 Å². The van der Waals surface area contributed by atoms with Crippen molar-refractivity contribution in [2.24, 2.45) is 0 Å². The third-order valence-corrected chi connectivity index (χ3v) is 7.99. The van der Waals surface area contributed by atoms with Crippen molar-refractivity contribution in [1.29, 1.82) is 10.7 Å². The molecule has 4 N–H and O–H groups in total. The summed E-state index contributed by atoms with van der Waals surface area (Å²) < 4.78 is 6.05. The lowest BCUT2D eigenvalue weighted by Crippen LogP contribution is -2.38. The van der Waals surface area contributed by atoms with Crippen molar-refractivity contribution in [3.63, 3.8) is 0 Å². The molecular weight excluding hydrogens is 436 g/mol. The molecule has 0 amide bonds. The highest BCUT2D eigenvalue weighted by atomic mass is 32.1. The number of fused-ring (bicyclic) bond motifs is 1. The maximum absolute atomic E-state index is 10.8. The fourth-order valence-corrected chi connectivity index (χ4v) is 6.25. The number of nitrogens with one attached hydrogen (secondary N) is 1. The first kappa shape index (κ1) is 23.2. The average molecular weight is 467 g/mol. The molecule has 8 nitrogen and oxygen atoms in total. The van der Waals surface area contributed by atoms with Gasteiger partial charge in [0.2, 0.25) is 5.88 Å². The van der Waals surface area contributed by atoms with Crippen LogP contribution in [0.2, 0.25) is 0 Å². The van der Waals surface area contributed by atoms with Gasteiger partial charge in [-0.25, -0.2) is 4.98 Å². The second kappa shape index (κ2) is 9.12. The van der Waals surface area contributed by atoms with Crippen LogP contribution in [0.25, 0.3) is 5.76 Å².